The molecule has 0 radical (unpaired) electrons. The predicted molar refractivity (Wildman–Crippen MR) is 189 cm³/mol. The molecule has 0 heterocycles. The molecule has 0 fully saturated rings. The summed E-state index contributed by atoms with van der Waals surface area (Å²) in [6.07, 6.45) is 0.310. The van der Waals surface area contributed by atoms with E-state index < -0.39 is 20.2 Å². The number of aromatic carboxylic acids is 1. The van der Waals surface area contributed by atoms with E-state index >= 15 is 0 Å². The molecule has 0 unspecified atom stereocenters. The van der Waals surface area contributed by atoms with E-state index in [9.17, 15) is 19.6 Å². The molecular weight excluding hydrogens is 632 g/mol. The van der Waals surface area contributed by atoms with Crippen LogP contribution in [0.5, 0.6) is 23.0 Å². The van der Waals surface area contributed by atoms with E-state index in [1.807, 2.05) is 62.4 Å². The fourth-order valence-electron chi connectivity index (χ4n) is 4.52. The monoisotopic (exact) mass is 675 g/mol. The smallest absolute Gasteiger partial charge is 0.488 e. The van der Waals surface area contributed by atoms with Crippen LogP contribution in [0, 0.1) is 0 Å². The van der Waals surface area contributed by atoms with Crippen LogP contribution >= 0.6 is 0 Å². The lowest BCUT2D eigenvalue weighted by atomic mass is 9.79. The largest absolute Gasteiger partial charge is 0.497 e. The van der Waals surface area contributed by atoms with Crippen molar-refractivity contribution in [3.8, 4) is 23.0 Å². The lowest BCUT2D eigenvalue weighted by Gasteiger charge is -2.14. The third kappa shape index (κ3) is 12.3. The van der Waals surface area contributed by atoms with Crippen molar-refractivity contribution in [1.82, 2.24) is 0 Å². The van der Waals surface area contributed by atoms with Gasteiger partial charge in [0.15, 0.2) is 5.78 Å². The van der Waals surface area contributed by atoms with Gasteiger partial charge in [0.2, 0.25) is 0 Å². The summed E-state index contributed by atoms with van der Waals surface area (Å²) in [5.41, 5.74) is 8.68. The van der Waals surface area contributed by atoms with E-state index in [0.717, 1.165) is 22.6 Å². The summed E-state index contributed by atoms with van der Waals surface area (Å²) in [4.78, 5) is 23.3. The second-order valence-corrected chi connectivity index (χ2v) is 10.8. The number of carbonyl (C=O) groups excluding carboxylic acids is 1. The highest BCUT2D eigenvalue weighted by molar-refractivity contribution is 6.59. The van der Waals surface area contributed by atoms with E-state index in [-0.39, 0.29) is 40.0 Å². The van der Waals surface area contributed by atoms with Crippen molar-refractivity contribution in [3.63, 3.8) is 0 Å². The Morgan fingerprint density at radius 3 is 1.53 bits per heavy atom. The van der Waals surface area contributed by atoms with Crippen LogP contribution in [0.15, 0.2) is 84.9 Å². The Kier molecular flexibility index (Phi) is 16.3. The average molecular weight is 675 g/mol. The molecule has 4 rings (SSSR count). The SMILES string of the molecule is COc1cc(B(O)O)ccc1C(=O)O.COc1cccc([C@@H](C)CC(=O)c2ccc(B(O)O)cc2OC)c1.COc1cccc([C@@H](C)N)c1. The Bertz CT molecular complexity index is 1660. The van der Waals surface area contributed by atoms with Crippen LogP contribution in [0.25, 0.3) is 0 Å². The molecule has 49 heavy (non-hydrogen) atoms. The van der Waals surface area contributed by atoms with Gasteiger partial charge in [-0.25, -0.2) is 4.79 Å². The Morgan fingerprint density at radius 2 is 1.10 bits per heavy atom. The van der Waals surface area contributed by atoms with Gasteiger partial charge in [-0.05, 0) is 83.4 Å². The summed E-state index contributed by atoms with van der Waals surface area (Å²) in [6, 6.07) is 23.9. The number of rotatable bonds is 12. The van der Waals surface area contributed by atoms with Gasteiger partial charge in [-0.2, -0.15) is 0 Å². The van der Waals surface area contributed by atoms with Crippen LogP contribution in [-0.2, 0) is 0 Å². The molecule has 0 bridgehead atoms. The highest BCUT2D eigenvalue weighted by Crippen LogP contribution is 2.27. The predicted octanol–water partition coefficient (Wildman–Crippen LogP) is 2.55. The number of carboxylic acids is 1. The first-order chi connectivity index (χ1) is 23.3. The minimum atomic E-state index is -1.63. The zero-order valence-corrected chi connectivity index (χ0v) is 28.4. The topological polar surface area (TPSA) is 198 Å². The van der Waals surface area contributed by atoms with Gasteiger partial charge in [0.05, 0.1) is 34.0 Å². The molecule has 2 atom stereocenters. The van der Waals surface area contributed by atoms with Crippen molar-refractivity contribution < 1.29 is 53.7 Å². The molecular formula is C35H43B2NO11. The van der Waals surface area contributed by atoms with Crippen LogP contribution in [0.1, 0.15) is 64.1 Å². The lowest BCUT2D eigenvalue weighted by molar-refractivity contribution is 0.0693. The Balaban J connectivity index is 0.000000282. The number of ether oxygens (including phenoxy) is 4. The standard InChI is InChI=1S/C18H21BO5.C9H13NO.C8H9BO5/c1-12(13-5-4-6-15(10-13)23-2)9-17(20)16-8-7-14(19(21)22)11-18(16)24-3;1-7(10)8-4-3-5-9(6-8)11-2;1-14-7-4-5(9(12)13)2-3-6(7)8(10)11/h4-8,10-12,21-22H,9H2,1-3H3;3-7H,10H2,1-2H3;2-4,12-13H,1H3,(H,10,11)/t12-;7-;/m01./s1. The van der Waals surface area contributed by atoms with Crippen LogP contribution in [0.4, 0.5) is 0 Å². The maximum Gasteiger partial charge on any atom is 0.488 e. The Morgan fingerprint density at radius 1 is 0.653 bits per heavy atom. The zero-order valence-electron chi connectivity index (χ0n) is 28.4. The number of hydrogen-bond acceptors (Lipinski definition) is 11. The number of benzene rings is 4. The van der Waals surface area contributed by atoms with Crippen LogP contribution in [0.2, 0.25) is 0 Å². The van der Waals surface area contributed by atoms with E-state index in [0.29, 0.717) is 17.7 Å². The lowest BCUT2D eigenvalue weighted by Crippen LogP contribution is -2.30. The maximum absolute atomic E-state index is 12.6. The summed E-state index contributed by atoms with van der Waals surface area (Å²) in [6.45, 7) is 3.93. The molecule has 0 amide bonds. The quantitative estimate of drug-likeness (QED) is 0.0950. The van der Waals surface area contributed by atoms with Crippen molar-refractivity contribution in [2.75, 3.05) is 28.4 Å². The number of hydrogen-bond donors (Lipinski definition) is 6. The van der Waals surface area contributed by atoms with E-state index in [1.165, 1.54) is 44.6 Å². The van der Waals surface area contributed by atoms with Crippen molar-refractivity contribution in [1.29, 1.82) is 0 Å². The van der Waals surface area contributed by atoms with Crippen LogP contribution < -0.4 is 35.6 Å². The number of ketones is 1. The molecule has 0 saturated carbocycles. The number of methoxy groups -OCH3 is 4. The Labute approximate surface area is 287 Å². The third-order valence-corrected chi connectivity index (χ3v) is 7.35. The normalized spacial score (nSPS) is 11.3. The molecule has 14 heteroatoms. The van der Waals surface area contributed by atoms with Gasteiger partial charge in [-0.1, -0.05) is 43.3 Å². The minimum absolute atomic E-state index is 0.0143. The van der Waals surface area contributed by atoms with Crippen molar-refractivity contribution in [2.24, 2.45) is 5.73 Å². The molecule has 0 aliphatic carbocycles. The maximum atomic E-state index is 12.6. The number of nitrogens with two attached hydrogens (primary N) is 1. The molecule has 0 aliphatic heterocycles. The second-order valence-electron chi connectivity index (χ2n) is 10.8. The first kappa shape index (κ1) is 40.3. The van der Waals surface area contributed by atoms with E-state index in [1.54, 1.807) is 20.3 Å². The Hall–Kier alpha value is -4.85. The van der Waals surface area contributed by atoms with E-state index in [4.69, 9.17) is 39.8 Å². The zero-order chi connectivity index (χ0) is 36.7. The fourth-order valence-corrected chi connectivity index (χ4v) is 4.52. The van der Waals surface area contributed by atoms with Gasteiger partial charge >= 0.3 is 20.2 Å². The van der Waals surface area contributed by atoms with Gasteiger partial charge in [-0.15, -0.1) is 0 Å². The molecule has 260 valence electrons. The van der Waals surface area contributed by atoms with Crippen molar-refractivity contribution in [2.45, 2.75) is 32.2 Å². The van der Waals surface area contributed by atoms with Gasteiger partial charge in [0.1, 0.15) is 28.6 Å². The van der Waals surface area contributed by atoms with Crippen LogP contribution in [0.3, 0.4) is 0 Å². The minimum Gasteiger partial charge on any atom is -0.497 e. The summed E-state index contributed by atoms with van der Waals surface area (Å²) in [5, 5.41) is 44.8. The molecule has 0 aliphatic rings. The highest BCUT2D eigenvalue weighted by atomic mass is 16.5. The molecule has 12 nitrogen and oxygen atoms in total. The van der Waals surface area contributed by atoms with Gasteiger partial charge in [-0.3, -0.25) is 4.79 Å². The fraction of sp³-hybridized carbons (Fsp3) is 0.257. The second kappa shape index (κ2) is 19.8. The number of carboxylic acid groups (broad SMARTS) is 1. The molecule has 0 spiro atoms. The van der Waals surface area contributed by atoms with Crippen molar-refractivity contribution in [3.05, 3.63) is 107 Å². The highest BCUT2D eigenvalue weighted by Gasteiger charge is 2.20. The molecule has 4 aromatic carbocycles. The summed E-state index contributed by atoms with van der Waals surface area (Å²) < 4.78 is 20.3. The molecule has 0 aromatic heterocycles. The molecule has 7 N–H and O–H groups in total. The number of Topliss-reactive ketones (excluding diaryl/α,β-unsaturated/α-hetero) is 1. The first-order valence-electron chi connectivity index (χ1n) is 15.1. The molecule has 0 saturated heterocycles. The van der Waals surface area contributed by atoms with Gasteiger partial charge in [0.25, 0.3) is 0 Å². The summed E-state index contributed by atoms with van der Waals surface area (Å²) in [7, 11) is 2.79. The van der Waals surface area contributed by atoms with Crippen LogP contribution in [-0.4, -0.2) is 79.6 Å². The average Bonchev–Trinajstić information content (AvgIpc) is 3.11. The number of carbonyl (C=O) groups is 2. The summed E-state index contributed by atoms with van der Waals surface area (Å²) >= 11 is 0. The van der Waals surface area contributed by atoms with Gasteiger partial charge in [0, 0.05) is 12.5 Å². The van der Waals surface area contributed by atoms with Gasteiger partial charge < -0.3 is 49.9 Å². The van der Waals surface area contributed by atoms with E-state index in [2.05, 4.69) is 0 Å². The summed E-state index contributed by atoms with van der Waals surface area (Å²) in [5.74, 6) is 0.874. The molecule has 4 aromatic rings. The third-order valence-electron chi connectivity index (χ3n) is 7.35. The van der Waals surface area contributed by atoms with Crippen molar-refractivity contribution >= 4 is 36.9 Å². The first-order valence-corrected chi connectivity index (χ1v) is 15.1.